The highest BCUT2D eigenvalue weighted by molar-refractivity contribution is 5.89. The first-order chi connectivity index (χ1) is 11.7. The molecule has 5 heteroatoms. The maximum absolute atomic E-state index is 12.2. The van der Waals surface area contributed by atoms with Gasteiger partial charge in [-0.1, -0.05) is 19.9 Å². The second-order valence-corrected chi connectivity index (χ2v) is 7.97. The summed E-state index contributed by atoms with van der Waals surface area (Å²) in [5.41, 5.74) is 2.12. The van der Waals surface area contributed by atoms with Gasteiger partial charge in [-0.05, 0) is 69.2 Å². The summed E-state index contributed by atoms with van der Waals surface area (Å²) < 4.78 is 10.7. The minimum absolute atomic E-state index is 0.131. The maximum atomic E-state index is 12.2. The summed E-state index contributed by atoms with van der Waals surface area (Å²) in [5.74, 6) is 0.182. The highest BCUT2D eigenvalue weighted by Crippen LogP contribution is 2.32. The topological polar surface area (TPSA) is 64.6 Å². The number of alkyl carbamates (subject to hydrolysis) is 1. The molecule has 5 nitrogen and oxygen atoms in total. The summed E-state index contributed by atoms with van der Waals surface area (Å²) in [4.78, 5) is 24.2. The van der Waals surface area contributed by atoms with Gasteiger partial charge in [-0.3, -0.25) is 0 Å². The predicted molar refractivity (Wildman–Crippen MR) is 96.6 cm³/mol. The molecule has 0 spiro atoms. The van der Waals surface area contributed by atoms with Gasteiger partial charge in [0, 0.05) is 0 Å². The number of ether oxygens (including phenoxy) is 2. The fraction of sp³-hybridized carbons (Fsp3) is 0.600. The Morgan fingerprint density at radius 1 is 1.28 bits per heavy atom. The molecule has 0 bridgehead atoms. The minimum atomic E-state index is -0.534. The van der Waals surface area contributed by atoms with Crippen LogP contribution in [0.25, 0.3) is 0 Å². The number of benzene rings is 1. The molecular formula is C20H29NO4. The third-order valence-electron chi connectivity index (χ3n) is 4.08. The van der Waals surface area contributed by atoms with E-state index in [-0.39, 0.29) is 12.0 Å². The Morgan fingerprint density at radius 3 is 2.64 bits per heavy atom. The van der Waals surface area contributed by atoms with Crippen molar-refractivity contribution in [3.05, 3.63) is 34.9 Å². The van der Waals surface area contributed by atoms with Crippen molar-refractivity contribution in [2.45, 2.75) is 65.5 Å². The van der Waals surface area contributed by atoms with E-state index in [1.54, 1.807) is 6.07 Å². The Labute approximate surface area is 150 Å². The zero-order chi connectivity index (χ0) is 18.6. The minimum Gasteiger partial charge on any atom is -0.462 e. The zero-order valence-electron chi connectivity index (χ0n) is 15.8. The van der Waals surface area contributed by atoms with Gasteiger partial charge in [0.2, 0.25) is 0 Å². The Morgan fingerprint density at radius 2 is 2.00 bits per heavy atom. The number of aryl methyl sites for hydroxylation is 1. The van der Waals surface area contributed by atoms with Gasteiger partial charge in [0.05, 0.1) is 18.2 Å². The monoisotopic (exact) mass is 347 g/mol. The van der Waals surface area contributed by atoms with Crippen molar-refractivity contribution in [2.75, 3.05) is 6.61 Å². The lowest BCUT2D eigenvalue weighted by Gasteiger charge is -2.22. The maximum Gasteiger partial charge on any atom is 0.408 e. The summed E-state index contributed by atoms with van der Waals surface area (Å²) in [5, 5.41) is 2.90. The van der Waals surface area contributed by atoms with Crippen LogP contribution in [0.15, 0.2) is 18.2 Å². The van der Waals surface area contributed by atoms with Crippen molar-refractivity contribution in [3.8, 4) is 0 Å². The van der Waals surface area contributed by atoms with Gasteiger partial charge in [-0.15, -0.1) is 0 Å². The summed E-state index contributed by atoms with van der Waals surface area (Å²) in [6, 6.07) is 5.45. The van der Waals surface area contributed by atoms with Gasteiger partial charge in [-0.25, -0.2) is 9.59 Å². The molecule has 1 atom stereocenters. The van der Waals surface area contributed by atoms with Gasteiger partial charge in [-0.2, -0.15) is 0 Å². The van der Waals surface area contributed by atoms with Gasteiger partial charge in [0.1, 0.15) is 5.60 Å². The van der Waals surface area contributed by atoms with Crippen LogP contribution >= 0.6 is 0 Å². The standard InChI is InChI=1S/C20H29NO4/c1-13(2)10-11-24-18(22)15-7-6-14-8-9-17(16(14)12-15)21-19(23)25-20(3,4)5/h6-7,12-13,17H,8-11H2,1-5H3,(H,21,23). The van der Waals surface area contributed by atoms with Crippen molar-refractivity contribution < 1.29 is 19.1 Å². The molecule has 0 saturated heterocycles. The molecule has 1 aromatic rings. The molecule has 0 saturated carbocycles. The van der Waals surface area contributed by atoms with Crippen LogP contribution in [0.5, 0.6) is 0 Å². The van der Waals surface area contributed by atoms with E-state index in [4.69, 9.17) is 9.47 Å². The van der Waals surface area contributed by atoms with Crippen LogP contribution in [-0.2, 0) is 15.9 Å². The first kappa shape index (κ1) is 19.3. The summed E-state index contributed by atoms with van der Waals surface area (Å²) >= 11 is 0. The molecule has 1 aliphatic carbocycles. The van der Waals surface area contributed by atoms with Crippen LogP contribution < -0.4 is 5.32 Å². The Hall–Kier alpha value is -2.04. The van der Waals surface area contributed by atoms with E-state index in [0.717, 1.165) is 30.4 Å². The molecule has 0 heterocycles. The molecular weight excluding hydrogens is 318 g/mol. The normalized spacial score (nSPS) is 16.5. The van der Waals surface area contributed by atoms with Crippen molar-refractivity contribution >= 4 is 12.1 Å². The molecule has 0 radical (unpaired) electrons. The van der Waals surface area contributed by atoms with Gasteiger partial charge >= 0.3 is 12.1 Å². The second-order valence-electron chi connectivity index (χ2n) is 7.97. The number of amides is 1. The molecule has 0 aliphatic heterocycles. The first-order valence-electron chi connectivity index (χ1n) is 8.95. The summed E-state index contributed by atoms with van der Waals surface area (Å²) in [7, 11) is 0. The lowest BCUT2D eigenvalue weighted by molar-refractivity contribution is 0.0485. The number of hydrogen-bond donors (Lipinski definition) is 1. The number of fused-ring (bicyclic) bond motifs is 1. The average Bonchev–Trinajstić information content (AvgIpc) is 2.87. The number of hydrogen-bond acceptors (Lipinski definition) is 4. The largest absolute Gasteiger partial charge is 0.462 e. The number of carbonyl (C=O) groups is 2. The second kappa shape index (κ2) is 7.89. The van der Waals surface area contributed by atoms with Crippen molar-refractivity contribution in [2.24, 2.45) is 5.92 Å². The van der Waals surface area contributed by atoms with E-state index < -0.39 is 11.7 Å². The molecule has 2 rings (SSSR count). The molecule has 1 aliphatic rings. The molecule has 1 unspecified atom stereocenters. The first-order valence-corrected chi connectivity index (χ1v) is 8.95. The van der Waals surface area contributed by atoms with E-state index in [1.807, 2.05) is 32.9 Å². The Balaban J connectivity index is 2.03. The number of nitrogens with one attached hydrogen (secondary N) is 1. The van der Waals surface area contributed by atoms with E-state index in [9.17, 15) is 9.59 Å². The predicted octanol–water partition coefficient (Wildman–Crippen LogP) is 4.40. The number of carbonyl (C=O) groups excluding carboxylic acids is 2. The smallest absolute Gasteiger partial charge is 0.408 e. The molecule has 1 N–H and O–H groups in total. The Kier molecular flexibility index (Phi) is 6.09. The summed E-state index contributed by atoms with van der Waals surface area (Å²) in [6.07, 6.45) is 2.09. The van der Waals surface area contributed by atoms with Crippen molar-refractivity contribution in [3.63, 3.8) is 0 Å². The van der Waals surface area contributed by atoms with Crippen LogP contribution in [-0.4, -0.2) is 24.3 Å². The van der Waals surface area contributed by atoms with Gasteiger partial charge in [0.15, 0.2) is 0 Å². The van der Waals surface area contributed by atoms with Gasteiger partial charge in [0.25, 0.3) is 0 Å². The highest BCUT2D eigenvalue weighted by Gasteiger charge is 2.27. The van der Waals surface area contributed by atoms with E-state index in [2.05, 4.69) is 19.2 Å². The Bertz CT molecular complexity index is 631. The molecule has 25 heavy (non-hydrogen) atoms. The van der Waals surface area contributed by atoms with Crippen molar-refractivity contribution in [1.82, 2.24) is 5.32 Å². The van der Waals surface area contributed by atoms with Gasteiger partial charge < -0.3 is 14.8 Å². The zero-order valence-corrected chi connectivity index (χ0v) is 15.8. The number of esters is 1. The molecule has 138 valence electrons. The van der Waals surface area contributed by atoms with Crippen LogP contribution in [0.3, 0.4) is 0 Å². The lowest BCUT2D eigenvalue weighted by atomic mass is 10.0. The molecule has 0 fully saturated rings. The molecule has 1 amide bonds. The molecule has 0 aromatic heterocycles. The molecule has 1 aromatic carbocycles. The van der Waals surface area contributed by atoms with Crippen LogP contribution in [0.4, 0.5) is 4.79 Å². The lowest BCUT2D eigenvalue weighted by Crippen LogP contribution is -2.34. The van der Waals surface area contributed by atoms with Crippen LogP contribution in [0.1, 0.15) is 75.0 Å². The van der Waals surface area contributed by atoms with Crippen molar-refractivity contribution in [1.29, 1.82) is 0 Å². The quantitative estimate of drug-likeness (QED) is 0.802. The van der Waals surface area contributed by atoms with E-state index in [0.29, 0.717) is 18.1 Å². The van der Waals surface area contributed by atoms with Crippen LogP contribution in [0.2, 0.25) is 0 Å². The van der Waals surface area contributed by atoms with E-state index in [1.165, 1.54) is 0 Å². The fourth-order valence-electron chi connectivity index (χ4n) is 2.80. The summed E-state index contributed by atoms with van der Waals surface area (Å²) in [6.45, 7) is 10.1. The third-order valence-corrected chi connectivity index (χ3v) is 4.08. The third kappa shape index (κ3) is 5.76. The fourth-order valence-corrected chi connectivity index (χ4v) is 2.80. The highest BCUT2D eigenvalue weighted by atomic mass is 16.6. The SMILES string of the molecule is CC(C)CCOC(=O)c1ccc2c(c1)C(NC(=O)OC(C)(C)C)CC2. The van der Waals surface area contributed by atoms with E-state index >= 15 is 0 Å². The number of rotatable bonds is 5. The van der Waals surface area contributed by atoms with Crippen LogP contribution in [0, 0.1) is 5.92 Å². The average molecular weight is 347 g/mol.